The van der Waals surface area contributed by atoms with Crippen LogP contribution in [0, 0.1) is 0 Å². The zero-order chi connectivity index (χ0) is 43.8. The minimum absolute atomic E-state index is 0.0543. The molecule has 0 saturated carbocycles. The fraction of sp³-hybridized carbons (Fsp3) is 0.778. The van der Waals surface area contributed by atoms with Crippen molar-refractivity contribution in [2.75, 3.05) is 6.61 Å². The zero-order valence-corrected chi connectivity index (χ0v) is 39.6. The van der Waals surface area contributed by atoms with Crippen LogP contribution in [0.4, 0.5) is 0 Å². The van der Waals surface area contributed by atoms with Gasteiger partial charge < -0.3 is 20.3 Å². The summed E-state index contributed by atoms with van der Waals surface area (Å²) >= 11 is 0. The number of aliphatic hydroxyl groups excluding tert-OH is 2. The number of carbonyl (C=O) groups excluding carboxylic acids is 2. The van der Waals surface area contributed by atoms with Crippen LogP contribution in [-0.4, -0.2) is 46.9 Å². The lowest BCUT2D eigenvalue weighted by Crippen LogP contribution is -2.46. The fourth-order valence-corrected chi connectivity index (χ4v) is 7.52. The van der Waals surface area contributed by atoms with Crippen molar-refractivity contribution in [1.29, 1.82) is 0 Å². The summed E-state index contributed by atoms with van der Waals surface area (Å²) in [5, 5.41) is 23.7. The Morgan fingerprint density at radius 3 is 1.30 bits per heavy atom. The van der Waals surface area contributed by atoms with E-state index in [0.29, 0.717) is 25.7 Å². The topological polar surface area (TPSA) is 95.9 Å². The highest BCUT2D eigenvalue weighted by molar-refractivity contribution is 5.77. The van der Waals surface area contributed by atoms with Crippen molar-refractivity contribution in [1.82, 2.24) is 5.32 Å². The summed E-state index contributed by atoms with van der Waals surface area (Å²) in [5.74, 6) is -0.546. The van der Waals surface area contributed by atoms with E-state index in [1.165, 1.54) is 116 Å². The molecule has 1 amide bonds. The summed E-state index contributed by atoms with van der Waals surface area (Å²) in [5.41, 5.74) is 0. The molecule has 0 aromatic heterocycles. The zero-order valence-electron chi connectivity index (χ0n) is 39.6. The maximum Gasteiger partial charge on any atom is 0.306 e. The number of hydrogen-bond acceptors (Lipinski definition) is 5. The number of unbranched alkanes of at least 4 members (excludes halogenated alkanes) is 23. The molecular weight excluding hydrogens is 743 g/mol. The van der Waals surface area contributed by atoms with E-state index in [2.05, 4.69) is 86.8 Å². The third kappa shape index (κ3) is 42.3. The monoisotopic (exact) mass is 840 g/mol. The van der Waals surface area contributed by atoms with Crippen LogP contribution in [0.25, 0.3) is 0 Å². The van der Waals surface area contributed by atoms with Gasteiger partial charge in [-0.2, -0.15) is 0 Å². The van der Waals surface area contributed by atoms with E-state index in [0.717, 1.165) is 77.0 Å². The number of allylic oxidation sites excluding steroid dienone is 10. The molecular formula is C54H97NO5. The van der Waals surface area contributed by atoms with Crippen LogP contribution in [0.2, 0.25) is 0 Å². The molecule has 0 heterocycles. The molecule has 0 aromatic carbocycles. The van der Waals surface area contributed by atoms with Crippen molar-refractivity contribution in [3.05, 3.63) is 60.8 Å². The highest BCUT2D eigenvalue weighted by atomic mass is 16.5. The first-order valence-corrected chi connectivity index (χ1v) is 25.5. The molecule has 0 aliphatic heterocycles. The standard InChI is InChI=1S/C54H97NO5/c1-4-7-10-13-16-18-20-22-24-26-28-30-32-34-37-40-43-46-52(57)51(49-56)55-53(58)48-50(45-42-39-36-15-12-9-6-3)60-54(59)47-44-41-38-35-33-31-29-27-25-23-21-19-17-14-11-8-5-2/h8,11,17,19,23,25,29,31,35,38,50-52,56-57H,4-7,9-10,12-16,18,20-22,24,26-28,30,32-34,36-37,39-49H2,1-3H3,(H,55,58)/b11-8-,19-17-,25-23-,31-29-,38-35-. The Labute approximate surface area is 371 Å². The SMILES string of the molecule is CC/C=C\C/C=C\C/C=C\C/C=C\C/C=C\CCCC(=O)OC(CCCCCCCCC)CC(=O)NC(CO)C(O)CCCCCCCCCCCCCCCCCCC. The van der Waals surface area contributed by atoms with Crippen LogP contribution in [0.15, 0.2) is 60.8 Å². The Morgan fingerprint density at radius 2 is 0.883 bits per heavy atom. The Kier molecular flexibility index (Phi) is 45.7. The van der Waals surface area contributed by atoms with Gasteiger partial charge in [0.15, 0.2) is 0 Å². The van der Waals surface area contributed by atoms with Crippen LogP contribution in [0.1, 0.15) is 245 Å². The van der Waals surface area contributed by atoms with E-state index in [9.17, 15) is 19.8 Å². The number of nitrogens with one attached hydrogen (secondary N) is 1. The quantitative estimate of drug-likeness (QED) is 0.0322. The Balaban J connectivity index is 4.42. The molecule has 3 atom stereocenters. The molecule has 6 heteroatoms. The number of hydrogen-bond donors (Lipinski definition) is 3. The molecule has 0 rings (SSSR count). The molecule has 0 aromatic rings. The number of carbonyl (C=O) groups is 2. The molecule has 0 radical (unpaired) electrons. The van der Waals surface area contributed by atoms with Crippen LogP contribution < -0.4 is 5.32 Å². The molecule has 0 fully saturated rings. The number of amides is 1. The van der Waals surface area contributed by atoms with Crippen molar-refractivity contribution in [3.63, 3.8) is 0 Å². The predicted molar refractivity (Wildman–Crippen MR) is 259 cm³/mol. The van der Waals surface area contributed by atoms with E-state index >= 15 is 0 Å². The summed E-state index contributed by atoms with van der Waals surface area (Å²) in [4.78, 5) is 26.0. The summed E-state index contributed by atoms with van der Waals surface area (Å²) in [7, 11) is 0. The van der Waals surface area contributed by atoms with Crippen molar-refractivity contribution >= 4 is 11.9 Å². The molecule has 0 saturated heterocycles. The molecule has 3 unspecified atom stereocenters. The predicted octanol–water partition coefficient (Wildman–Crippen LogP) is 15.2. The summed E-state index contributed by atoms with van der Waals surface area (Å²) < 4.78 is 5.86. The maximum absolute atomic E-state index is 13.1. The first-order chi connectivity index (χ1) is 29.5. The van der Waals surface area contributed by atoms with Crippen molar-refractivity contribution in [3.8, 4) is 0 Å². The number of esters is 1. The maximum atomic E-state index is 13.1. The number of ether oxygens (including phenoxy) is 1. The van der Waals surface area contributed by atoms with Gasteiger partial charge in [0.05, 0.1) is 25.2 Å². The van der Waals surface area contributed by atoms with Gasteiger partial charge in [-0.05, 0) is 64.2 Å². The third-order valence-electron chi connectivity index (χ3n) is 11.4. The van der Waals surface area contributed by atoms with E-state index in [4.69, 9.17) is 4.74 Å². The van der Waals surface area contributed by atoms with Gasteiger partial charge in [0.25, 0.3) is 0 Å². The first kappa shape index (κ1) is 57.6. The van der Waals surface area contributed by atoms with Crippen LogP contribution in [0.3, 0.4) is 0 Å². The average Bonchev–Trinajstić information content (AvgIpc) is 3.24. The third-order valence-corrected chi connectivity index (χ3v) is 11.4. The molecule has 0 aliphatic carbocycles. The second-order valence-electron chi connectivity index (χ2n) is 17.2. The molecule has 60 heavy (non-hydrogen) atoms. The van der Waals surface area contributed by atoms with Gasteiger partial charge in [-0.25, -0.2) is 0 Å². The number of aliphatic hydroxyl groups is 2. The summed E-state index contributed by atoms with van der Waals surface area (Å²) in [6, 6.07) is -0.711. The molecule has 0 spiro atoms. The van der Waals surface area contributed by atoms with Gasteiger partial charge in [0.1, 0.15) is 6.10 Å². The smallest absolute Gasteiger partial charge is 0.306 e. The minimum atomic E-state index is -0.796. The second-order valence-corrected chi connectivity index (χ2v) is 17.2. The van der Waals surface area contributed by atoms with Crippen LogP contribution in [0.5, 0.6) is 0 Å². The van der Waals surface area contributed by atoms with Gasteiger partial charge >= 0.3 is 5.97 Å². The van der Waals surface area contributed by atoms with E-state index < -0.39 is 18.2 Å². The minimum Gasteiger partial charge on any atom is -0.462 e. The molecule has 0 aliphatic rings. The van der Waals surface area contributed by atoms with Gasteiger partial charge in [0, 0.05) is 6.42 Å². The Bertz CT molecular complexity index is 1080. The van der Waals surface area contributed by atoms with Crippen molar-refractivity contribution in [2.45, 2.75) is 264 Å². The van der Waals surface area contributed by atoms with Crippen LogP contribution in [-0.2, 0) is 14.3 Å². The number of rotatable bonds is 45. The van der Waals surface area contributed by atoms with Crippen molar-refractivity contribution in [2.24, 2.45) is 0 Å². The van der Waals surface area contributed by atoms with Crippen LogP contribution >= 0.6 is 0 Å². The highest BCUT2D eigenvalue weighted by Gasteiger charge is 2.24. The summed E-state index contributed by atoms with van der Waals surface area (Å²) in [6.45, 7) is 6.33. The Hall–Kier alpha value is -2.44. The normalized spacial score (nSPS) is 13.8. The highest BCUT2D eigenvalue weighted by Crippen LogP contribution is 2.17. The molecule has 6 nitrogen and oxygen atoms in total. The van der Waals surface area contributed by atoms with E-state index in [1.807, 2.05) is 0 Å². The molecule has 3 N–H and O–H groups in total. The largest absolute Gasteiger partial charge is 0.462 e. The lowest BCUT2D eigenvalue weighted by atomic mass is 10.0. The molecule has 0 bridgehead atoms. The summed E-state index contributed by atoms with van der Waals surface area (Å²) in [6.07, 6.45) is 58.7. The lowest BCUT2D eigenvalue weighted by molar-refractivity contribution is -0.151. The average molecular weight is 840 g/mol. The van der Waals surface area contributed by atoms with Crippen molar-refractivity contribution < 1.29 is 24.5 Å². The lowest BCUT2D eigenvalue weighted by Gasteiger charge is -2.24. The molecule has 348 valence electrons. The second kappa shape index (κ2) is 47.6. The fourth-order valence-electron chi connectivity index (χ4n) is 7.52. The van der Waals surface area contributed by atoms with Gasteiger partial charge in [-0.1, -0.05) is 229 Å². The van der Waals surface area contributed by atoms with Gasteiger partial charge in [-0.3, -0.25) is 9.59 Å². The van der Waals surface area contributed by atoms with E-state index in [-0.39, 0.29) is 24.9 Å². The van der Waals surface area contributed by atoms with Gasteiger partial charge in [0.2, 0.25) is 5.91 Å². The first-order valence-electron chi connectivity index (χ1n) is 25.5. The van der Waals surface area contributed by atoms with E-state index in [1.54, 1.807) is 0 Å². The van der Waals surface area contributed by atoms with Gasteiger partial charge in [-0.15, -0.1) is 0 Å². The Morgan fingerprint density at radius 1 is 0.500 bits per heavy atom.